The molecule has 0 N–H and O–H groups in total. The Morgan fingerprint density at radius 3 is 2.82 bits per heavy atom. The van der Waals surface area contributed by atoms with Crippen molar-refractivity contribution in [2.75, 3.05) is 7.05 Å². The fraction of sp³-hybridized carbons (Fsp3) is 0.182. The first-order chi connectivity index (χ1) is 8.08. The lowest BCUT2D eigenvalue weighted by Crippen LogP contribution is -2.25. The topological polar surface area (TPSA) is 33.5 Å². The standard InChI is InChI=1S/C11H9Br2NO2S/c1-14(6-7-3-2-4-16-7)11(15)9-5-8(12)10(13)17-9/h2-5H,6H2,1H3. The summed E-state index contributed by atoms with van der Waals surface area (Å²) in [7, 11) is 1.76. The second kappa shape index (κ2) is 5.37. The number of thiophene rings is 1. The van der Waals surface area contributed by atoms with Gasteiger partial charge in [-0.05, 0) is 50.1 Å². The van der Waals surface area contributed by atoms with E-state index < -0.39 is 0 Å². The molecule has 6 heteroatoms. The highest BCUT2D eigenvalue weighted by Gasteiger charge is 2.16. The maximum Gasteiger partial charge on any atom is 0.264 e. The van der Waals surface area contributed by atoms with Gasteiger partial charge in [0.2, 0.25) is 0 Å². The molecule has 1 amide bonds. The van der Waals surface area contributed by atoms with Crippen molar-refractivity contribution >= 4 is 49.1 Å². The third-order valence-electron chi connectivity index (χ3n) is 2.18. The van der Waals surface area contributed by atoms with Crippen molar-refractivity contribution in [3.8, 4) is 0 Å². The van der Waals surface area contributed by atoms with Crippen LogP contribution in [-0.2, 0) is 6.54 Å². The lowest BCUT2D eigenvalue weighted by Gasteiger charge is -2.14. The molecule has 90 valence electrons. The number of hydrogen-bond donors (Lipinski definition) is 0. The summed E-state index contributed by atoms with van der Waals surface area (Å²) in [6.45, 7) is 0.471. The van der Waals surface area contributed by atoms with Crippen molar-refractivity contribution < 1.29 is 9.21 Å². The molecule has 0 radical (unpaired) electrons. The Morgan fingerprint density at radius 1 is 1.53 bits per heavy atom. The molecule has 0 aliphatic heterocycles. The van der Waals surface area contributed by atoms with E-state index >= 15 is 0 Å². The van der Waals surface area contributed by atoms with E-state index in [4.69, 9.17) is 4.42 Å². The summed E-state index contributed by atoms with van der Waals surface area (Å²) >= 11 is 8.16. The van der Waals surface area contributed by atoms with Gasteiger partial charge in [0.1, 0.15) is 5.76 Å². The zero-order chi connectivity index (χ0) is 12.4. The van der Waals surface area contributed by atoms with E-state index in [-0.39, 0.29) is 5.91 Å². The van der Waals surface area contributed by atoms with Crippen molar-refractivity contribution in [1.29, 1.82) is 0 Å². The van der Waals surface area contributed by atoms with Crippen LogP contribution in [0.2, 0.25) is 0 Å². The number of nitrogens with zero attached hydrogens (tertiary/aromatic N) is 1. The van der Waals surface area contributed by atoms with Crippen LogP contribution in [0.1, 0.15) is 15.4 Å². The average Bonchev–Trinajstić information content (AvgIpc) is 2.89. The van der Waals surface area contributed by atoms with E-state index in [0.29, 0.717) is 11.4 Å². The second-order valence-corrected chi connectivity index (χ2v) is 6.70. The smallest absolute Gasteiger partial charge is 0.264 e. The first-order valence-corrected chi connectivity index (χ1v) is 7.21. The molecule has 0 aromatic carbocycles. The molecule has 3 nitrogen and oxygen atoms in total. The molecule has 0 saturated heterocycles. The zero-order valence-corrected chi connectivity index (χ0v) is 12.9. The van der Waals surface area contributed by atoms with Crippen LogP contribution in [0.5, 0.6) is 0 Å². The Morgan fingerprint density at radius 2 is 2.29 bits per heavy atom. The highest BCUT2D eigenvalue weighted by molar-refractivity contribution is 9.13. The van der Waals surface area contributed by atoms with Gasteiger partial charge < -0.3 is 9.32 Å². The number of hydrogen-bond acceptors (Lipinski definition) is 3. The highest BCUT2D eigenvalue weighted by Crippen LogP contribution is 2.32. The van der Waals surface area contributed by atoms with Crippen LogP contribution in [-0.4, -0.2) is 17.9 Å². The van der Waals surface area contributed by atoms with Crippen molar-refractivity contribution in [2.45, 2.75) is 6.54 Å². The highest BCUT2D eigenvalue weighted by atomic mass is 79.9. The van der Waals surface area contributed by atoms with Gasteiger partial charge in [-0.3, -0.25) is 4.79 Å². The fourth-order valence-electron chi connectivity index (χ4n) is 1.35. The number of furan rings is 1. The zero-order valence-electron chi connectivity index (χ0n) is 8.94. The monoisotopic (exact) mass is 377 g/mol. The van der Waals surface area contributed by atoms with Crippen molar-refractivity contribution in [3.05, 3.63) is 43.4 Å². The SMILES string of the molecule is CN(Cc1ccco1)C(=O)c1cc(Br)c(Br)s1. The molecular weight excluding hydrogens is 370 g/mol. The lowest BCUT2D eigenvalue weighted by atomic mass is 10.3. The van der Waals surface area contributed by atoms with E-state index in [2.05, 4.69) is 31.9 Å². The van der Waals surface area contributed by atoms with E-state index in [0.717, 1.165) is 14.0 Å². The molecule has 0 saturated carbocycles. The van der Waals surface area contributed by atoms with Crippen LogP contribution in [0.4, 0.5) is 0 Å². The van der Waals surface area contributed by atoms with E-state index in [1.165, 1.54) is 11.3 Å². The molecule has 2 rings (SSSR count). The molecule has 2 heterocycles. The van der Waals surface area contributed by atoms with Crippen molar-refractivity contribution in [2.24, 2.45) is 0 Å². The third kappa shape index (κ3) is 3.00. The Hall–Kier alpha value is -0.590. The third-order valence-corrected chi connectivity index (χ3v) is 5.42. The summed E-state index contributed by atoms with van der Waals surface area (Å²) in [5, 5.41) is 0. The fourth-order valence-corrected chi connectivity index (χ4v) is 3.38. The second-order valence-electron chi connectivity index (χ2n) is 3.47. The Kier molecular flexibility index (Phi) is 4.06. The molecule has 2 aromatic heterocycles. The molecule has 0 aliphatic rings. The maximum absolute atomic E-state index is 12.1. The number of carbonyl (C=O) groups is 1. The molecule has 0 fully saturated rings. The lowest BCUT2D eigenvalue weighted by molar-refractivity contribution is 0.0780. The molecule has 0 atom stereocenters. The van der Waals surface area contributed by atoms with Crippen molar-refractivity contribution in [1.82, 2.24) is 4.90 Å². The van der Waals surface area contributed by atoms with Crippen LogP contribution < -0.4 is 0 Å². The minimum atomic E-state index is -0.0159. The van der Waals surface area contributed by atoms with Crippen molar-refractivity contribution in [3.63, 3.8) is 0 Å². The van der Waals surface area contributed by atoms with Gasteiger partial charge in [0.25, 0.3) is 5.91 Å². The van der Waals surface area contributed by atoms with E-state index in [1.54, 1.807) is 18.2 Å². The van der Waals surface area contributed by atoms with Gasteiger partial charge in [-0.1, -0.05) is 0 Å². The van der Waals surface area contributed by atoms with Gasteiger partial charge in [-0.25, -0.2) is 0 Å². The summed E-state index contributed by atoms with van der Waals surface area (Å²) < 4.78 is 7.03. The van der Waals surface area contributed by atoms with Gasteiger partial charge >= 0.3 is 0 Å². The summed E-state index contributed by atoms with van der Waals surface area (Å²) in [6, 6.07) is 5.48. The van der Waals surface area contributed by atoms with E-state index in [9.17, 15) is 4.79 Å². The number of amides is 1. The molecule has 17 heavy (non-hydrogen) atoms. The predicted molar refractivity (Wildman–Crippen MR) is 74.2 cm³/mol. The maximum atomic E-state index is 12.1. The summed E-state index contributed by atoms with van der Waals surface area (Å²) in [5.74, 6) is 0.758. The predicted octanol–water partition coefficient (Wildman–Crippen LogP) is 4.14. The van der Waals surface area contributed by atoms with Crippen LogP contribution >= 0.6 is 43.2 Å². The summed E-state index contributed by atoms with van der Waals surface area (Å²) in [6.07, 6.45) is 1.60. The minimum Gasteiger partial charge on any atom is -0.467 e. The first kappa shape index (κ1) is 12.9. The summed E-state index contributed by atoms with van der Waals surface area (Å²) in [4.78, 5) is 14.4. The molecule has 0 aliphatic carbocycles. The number of carbonyl (C=O) groups excluding carboxylic acids is 1. The van der Waals surface area contributed by atoms with E-state index in [1.807, 2.05) is 18.2 Å². The minimum absolute atomic E-state index is 0.0159. The van der Waals surface area contributed by atoms with Crippen LogP contribution in [0.3, 0.4) is 0 Å². The van der Waals surface area contributed by atoms with Gasteiger partial charge in [-0.15, -0.1) is 11.3 Å². The Bertz CT molecular complexity index is 502. The van der Waals surface area contributed by atoms with Crippen LogP contribution in [0.15, 0.2) is 37.1 Å². The van der Waals surface area contributed by atoms with Crippen LogP contribution in [0.25, 0.3) is 0 Å². The largest absolute Gasteiger partial charge is 0.467 e. The van der Waals surface area contributed by atoms with Gasteiger partial charge in [0.15, 0.2) is 0 Å². The van der Waals surface area contributed by atoms with Gasteiger partial charge in [-0.2, -0.15) is 0 Å². The normalized spacial score (nSPS) is 10.5. The molecule has 0 spiro atoms. The van der Waals surface area contributed by atoms with Crippen LogP contribution in [0, 0.1) is 0 Å². The van der Waals surface area contributed by atoms with Gasteiger partial charge in [0.05, 0.1) is 21.5 Å². The average molecular weight is 379 g/mol. The van der Waals surface area contributed by atoms with Gasteiger partial charge in [0, 0.05) is 11.5 Å². The molecule has 0 bridgehead atoms. The summed E-state index contributed by atoms with van der Waals surface area (Å²) in [5.41, 5.74) is 0. The Balaban J connectivity index is 2.09. The number of rotatable bonds is 3. The Labute approximate surface area is 120 Å². The molecule has 0 unspecified atom stereocenters. The molecular formula is C11H9Br2NO2S. The first-order valence-electron chi connectivity index (χ1n) is 4.80. The molecule has 2 aromatic rings. The number of halogens is 2. The quantitative estimate of drug-likeness (QED) is 0.804.